The summed E-state index contributed by atoms with van der Waals surface area (Å²) in [6.07, 6.45) is 0.633. The van der Waals surface area contributed by atoms with Crippen LogP contribution in [-0.4, -0.2) is 17.8 Å². The highest BCUT2D eigenvalue weighted by atomic mass is 16.3. The Bertz CT molecular complexity index is 77.0. The van der Waals surface area contributed by atoms with Gasteiger partial charge in [-0.1, -0.05) is 13.8 Å². The minimum Gasteiger partial charge on any atom is -0.393 e. The highest BCUT2D eigenvalue weighted by Crippen LogP contribution is 2.23. The van der Waals surface area contributed by atoms with Crippen molar-refractivity contribution < 1.29 is 5.11 Å². The molecule has 0 aliphatic rings. The quantitative estimate of drug-likeness (QED) is 0.593. The molecule has 0 bridgehead atoms. The van der Waals surface area contributed by atoms with Crippen LogP contribution in [0.2, 0.25) is 0 Å². The fraction of sp³-hybridized carbons (Fsp3) is 1.00. The monoisotopic (exact) mass is 131 g/mol. The predicted octanol–water partition coefficient (Wildman–Crippen LogP) is 0.742. The van der Waals surface area contributed by atoms with Crippen LogP contribution in [0, 0.1) is 5.41 Å². The maximum absolute atomic E-state index is 9.19. The molecule has 0 fully saturated rings. The lowest BCUT2D eigenvalue weighted by atomic mass is 9.83. The molecule has 2 heteroatoms. The summed E-state index contributed by atoms with van der Waals surface area (Å²) in [5, 5.41) is 9.19. The van der Waals surface area contributed by atoms with Crippen LogP contribution in [-0.2, 0) is 0 Å². The summed E-state index contributed by atoms with van der Waals surface area (Å²) in [7, 11) is 0. The van der Waals surface area contributed by atoms with Gasteiger partial charge in [0.2, 0.25) is 0 Å². The van der Waals surface area contributed by atoms with E-state index in [-0.39, 0.29) is 11.5 Å². The van der Waals surface area contributed by atoms with E-state index in [4.69, 9.17) is 5.73 Å². The summed E-state index contributed by atoms with van der Waals surface area (Å²) in [6, 6.07) is 0. The molecular formula is C7H17NO. The Morgan fingerprint density at radius 3 is 2.11 bits per heavy atom. The molecule has 2 atom stereocenters. The number of hydrogen-bond acceptors (Lipinski definition) is 2. The molecule has 0 unspecified atom stereocenters. The number of nitrogens with two attached hydrogens (primary N) is 1. The van der Waals surface area contributed by atoms with E-state index in [1.54, 1.807) is 6.92 Å². The fourth-order valence-electron chi connectivity index (χ4n) is 0.610. The zero-order valence-electron chi connectivity index (χ0n) is 6.52. The molecule has 0 saturated heterocycles. The molecule has 0 saturated carbocycles. The molecule has 3 N–H and O–H groups in total. The lowest BCUT2D eigenvalue weighted by molar-refractivity contribution is 0.0559. The van der Waals surface area contributed by atoms with Crippen molar-refractivity contribution in [1.82, 2.24) is 0 Å². The van der Waals surface area contributed by atoms with Gasteiger partial charge in [-0.05, 0) is 13.3 Å². The third kappa shape index (κ3) is 1.95. The van der Waals surface area contributed by atoms with E-state index in [9.17, 15) is 5.11 Å². The topological polar surface area (TPSA) is 46.2 Å². The van der Waals surface area contributed by atoms with Crippen molar-refractivity contribution in [3.05, 3.63) is 0 Å². The van der Waals surface area contributed by atoms with Gasteiger partial charge in [0.05, 0.1) is 6.10 Å². The second-order valence-corrected chi connectivity index (χ2v) is 2.89. The Hall–Kier alpha value is -0.0800. The number of hydrogen-bond donors (Lipinski definition) is 2. The Morgan fingerprint density at radius 2 is 2.11 bits per heavy atom. The first-order valence-electron chi connectivity index (χ1n) is 3.45. The molecular weight excluding hydrogens is 114 g/mol. The summed E-state index contributed by atoms with van der Waals surface area (Å²) in [6.45, 7) is 6.38. The van der Waals surface area contributed by atoms with Gasteiger partial charge < -0.3 is 10.8 Å². The Morgan fingerprint density at radius 1 is 1.67 bits per heavy atom. The van der Waals surface area contributed by atoms with Crippen LogP contribution < -0.4 is 5.73 Å². The lowest BCUT2D eigenvalue weighted by Crippen LogP contribution is -2.36. The van der Waals surface area contributed by atoms with E-state index < -0.39 is 0 Å². The van der Waals surface area contributed by atoms with Gasteiger partial charge in [-0.2, -0.15) is 0 Å². The SMILES string of the molecule is CC[C@@](C)(CN)[C@@H](C)O. The second-order valence-electron chi connectivity index (χ2n) is 2.89. The van der Waals surface area contributed by atoms with Crippen LogP contribution in [0.15, 0.2) is 0 Å². The van der Waals surface area contributed by atoms with E-state index in [1.807, 2.05) is 13.8 Å². The van der Waals surface area contributed by atoms with Gasteiger partial charge in [0.25, 0.3) is 0 Å². The lowest BCUT2D eigenvalue weighted by Gasteiger charge is -2.29. The molecule has 2 nitrogen and oxygen atoms in total. The van der Waals surface area contributed by atoms with Crippen molar-refractivity contribution in [3.8, 4) is 0 Å². The molecule has 0 aromatic heterocycles. The van der Waals surface area contributed by atoms with E-state index in [2.05, 4.69) is 0 Å². The third-order valence-electron chi connectivity index (χ3n) is 2.28. The van der Waals surface area contributed by atoms with E-state index in [0.29, 0.717) is 6.54 Å². The van der Waals surface area contributed by atoms with Crippen molar-refractivity contribution in [2.45, 2.75) is 33.3 Å². The molecule has 9 heavy (non-hydrogen) atoms. The molecule has 56 valence electrons. The van der Waals surface area contributed by atoms with Crippen LogP contribution >= 0.6 is 0 Å². The standard InChI is InChI=1S/C7H17NO/c1-4-7(3,5-8)6(2)9/h6,9H,4-5,8H2,1-3H3/t6-,7+/m1/s1. The molecule has 0 rings (SSSR count). The minimum atomic E-state index is -0.299. The molecule has 0 aromatic rings. The van der Waals surface area contributed by atoms with Crippen LogP contribution in [0.3, 0.4) is 0 Å². The molecule has 0 aliphatic carbocycles. The number of aliphatic hydroxyl groups is 1. The second kappa shape index (κ2) is 3.18. The fourth-order valence-corrected chi connectivity index (χ4v) is 0.610. The van der Waals surface area contributed by atoms with E-state index >= 15 is 0 Å². The van der Waals surface area contributed by atoms with Gasteiger partial charge in [0.15, 0.2) is 0 Å². The van der Waals surface area contributed by atoms with E-state index in [1.165, 1.54) is 0 Å². The van der Waals surface area contributed by atoms with Gasteiger partial charge in [0, 0.05) is 12.0 Å². The Balaban J connectivity index is 3.92. The van der Waals surface area contributed by atoms with Crippen LogP contribution in [0.4, 0.5) is 0 Å². The Kier molecular flexibility index (Phi) is 3.15. The molecule has 0 aliphatic heterocycles. The predicted molar refractivity (Wildman–Crippen MR) is 39.1 cm³/mol. The van der Waals surface area contributed by atoms with Crippen molar-refractivity contribution in [2.24, 2.45) is 11.1 Å². The minimum absolute atomic E-state index is 0.0833. The highest BCUT2D eigenvalue weighted by molar-refractivity contribution is 4.78. The smallest absolute Gasteiger partial charge is 0.0577 e. The van der Waals surface area contributed by atoms with Crippen LogP contribution in [0.1, 0.15) is 27.2 Å². The Labute approximate surface area is 57.1 Å². The van der Waals surface area contributed by atoms with Gasteiger partial charge in [0.1, 0.15) is 0 Å². The molecule has 0 amide bonds. The largest absolute Gasteiger partial charge is 0.393 e. The average Bonchev–Trinajstić information content (AvgIpc) is 1.86. The molecule has 0 radical (unpaired) electrons. The summed E-state index contributed by atoms with van der Waals surface area (Å²) >= 11 is 0. The highest BCUT2D eigenvalue weighted by Gasteiger charge is 2.25. The van der Waals surface area contributed by atoms with Gasteiger partial charge in [-0.25, -0.2) is 0 Å². The molecule has 0 heterocycles. The van der Waals surface area contributed by atoms with Crippen molar-refractivity contribution in [2.75, 3.05) is 6.54 Å². The summed E-state index contributed by atoms with van der Waals surface area (Å²) in [5.41, 5.74) is 5.38. The first-order valence-corrected chi connectivity index (χ1v) is 3.45. The van der Waals surface area contributed by atoms with E-state index in [0.717, 1.165) is 6.42 Å². The number of aliphatic hydroxyl groups excluding tert-OH is 1. The van der Waals surface area contributed by atoms with Crippen molar-refractivity contribution >= 4 is 0 Å². The zero-order valence-corrected chi connectivity index (χ0v) is 6.52. The van der Waals surface area contributed by atoms with Gasteiger partial charge in [-0.3, -0.25) is 0 Å². The van der Waals surface area contributed by atoms with Gasteiger partial charge >= 0.3 is 0 Å². The first-order chi connectivity index (χ1) is 4.06. The van der Waals surface area contributed by atoms with Gasteiger partial charge in [-0.15, -0.1) is 0 Å². The van der Waals surface area contributed by atoms with Crippen LogP contribution in [0.25, 0.3) is 0 Å². The first kappa shape index (κ1) is 8.92. The maximum Gasteiger partial charge on any atom is 0.0577 e. The normalized spacial score (nSPS) is 21.0. The summed E-state index contributed by atoms with van der Waals surface area (Å²) < 4.78 is 0. The summed E-state index contributed by atoms with van der Waals surface area (Å²) in [4.78, 5) is 0. The summed E-state index contributed by atoms with van der Waals surface area (Å²) in [5.74, 6) is 0. The molecule has 0 spiro atoms. The van der Waals surface area contributed by atoms with Crippen molar-refractivity contribution in [3.63, 3.8) is 0 Å². The zero-order chi connectivity index (χ0) is 7.49. The molecule has 0 aromatic carbocycles. The third-order valence-corrected chi connectivity index (χ3v) is 2.28. The van der Waals surface area contributed by atoms with Crippen LogP contribution in [0.5, 0.6) is 0 Å². The number of rotatable bonds is 3. The van der Waals surface area contributed by atoms with Crippen molar-refractivity contribution in [1.29, 1.82) is 0 Å². The average molecular weight is 131 g/mol. The maximum atomic E-state index is 9.19.